The molecule has 1 aliphatic rings. The Bertz CT molecular complexity index is 1490. The van der Waals surface area contributed by atoms with Crippen molar-refractivity contribution in [2.24, 2.45) is 0 Å². The molecule has 5 rings (SSSR count). The van der Waals surface area contributed by atoms with Crippen molar-refractivity contribution in [3.63, 3.8) is 0 Å². The van der Waals surface area contributed by atoms with Gasteiger partial charge in [0.25, 0.3) is 5.91 Å². The van der Waals surface area contributed by atoms with Gasteiger partial charge in [-0.05, 0) is 37.1 Å². The van der Waals surface area contributed by atoms with E-state index in [9.17, 15) is 19.8 Å². The molecule has 0 radical (unpaired) electrons. The summed E-state index contributed by atoms with van der Waals surface area (Å²) in [5.41, 5.74) is 3.12. The zero-order valence-corrected chi connectivity index (χ0v) is 19.9. The molecule has 1 aromatic heterocycles. The van der Waals surface area contributed by atoms with Gasteiger partial charge in [0.1, 0.15) is 10.8 Å². The number of carbonyl (C=O) groups excluding carboxylic acids is 2. The number of thiazole rings is 1. The Labute approximate surface area is 206 Å². The van der Waals surface area contributed by atoms with Crippen LogP contribution in [0.1, 0.15) is 32.5 Å². The number of aliphatic hydroxyl groups is 1. The van der Waals surface area contributed by atoms with Gasteiger partial charge >= 0.3 is 0 Å². The van der Waals surface area contributed by atoms with Gasteiger partial charge in [-0.2, -0.15) is 0 Å². The lowest BCUT2D eigenvalue weighted by atomic mass is 9.92. The molecule has 0 fully saturated rings. The normalized spacial score (nSPS) is 15.7. The standard InChI is InChI=1S/C28H22N2O4S/c1-16-10-6-7-13-19(16)23-22(25(33)28(34)30(23)20-14-8-9-15-21(20)31)24(32)26-17(2)29-27(35-26)18-11-4-3-5-12-18/h3-15,23,31,33H,1-2H3. The highest BCUT2D eigenvalue weighted by atomic mass is 32.1. The molecule has 174 valence electrons. The van der Waals surface area contributed by atoms with Gasteiger partial charge in [-0.15, -0.1) is 11.3 Å². The smallest absolute Gasteiger partial charge is 0.294 e. The maximum atomic E-state index is 13.9. The fraction of sp³-hybridized carbons (Fsp3) is 0.107. The maximum absolute atomic E-state index is 13.9. The van der Waals surface area contributed by atoms with Gasteiger partial charge in [-0.25, -0.2) is 4.98 Å². The molecule has 35 heavy (non-hydrogen) atoms. The summed E-state index contributed by atoms with van der Waals surface area (Å²) >= 11 is 1.23. The van der Waals surface area contributed by atoms with Crippen molar-refractivity contribution in [3.8, 4) is 16.3 Å². The summed E-state index contributed by atoms with van der Waals surface area (Å²) in [6, 6.07) is 22.4. The lowest BCUT2D eigenvalue weighted by Gasteiger charge is -2.28. The Morgan fingerprint density at radius 3 is 2.29 bits per heavy atom. The largest absolute Gasteiger partial charge is 0.506 e. The average molecular weight is 483 g/mol. The van der Waals surface area contributed by atoms with E-state index < -0.39 is 23.5 Å². The molecular formula is C28H22N2O4S. The third-order valence-electron chi connectivity index (χ3n) is 6.10. The van der Waals surface area contributed by atoms with Crippen LogP contribution >= 0.6 is 11.3 Å². The molecule has 4 aromatic rings. The Hall–Kier alpha value is -4.23. The van der Waals surface area contributed by atoms with Crippen LogP contribution < -0.4 is 4.90 Å². The number of ketones is 1. The zero-order valence-electron chi connectivity index (χ0n) is 19.1. The molecule has 3 aromatic carbocycles. The van der Waals surface area contributed by atoms with Crippen molar-refractivity contribution < 1.29 is 19.8 Å². The van der Waals surface area contributed by atoms with Gasteiger partial charge in [-0.3, -0.25) is 14.5 Å². The topological polar surface area (TPSA) is 90.7 Å². The summed E-state index contributed by atoms with van der Waals surface area (Å²) in [4.78, 5) is 33.5. The highest BCUT2D eigenvalue weighted by molar-refractivity contribution is 7.17. The van der Waals surface area contributed by atoms with E-state index in [1.54, 1.807) is 25.1 Å². The van der Waals surface area contributed by atoms with Gasteiger partial charge in [0.2, 0.25) is 5.78 Å². The summed E-state index contributed by atoms with van der Waals surface area (Å²) < 4.78 is 0. The van der Waals surface area contributed by atoms with Gasteiger partial charge in [0.15, 0.2) is 5.76 Å². The van der Waals surface area contributed by atoms with E-state index in [0.717, 1.165) is 11.1 Å². The van der Waals surface area contributed by atoms with Crippen LogP contribution in [-0.2, 0) is 4.79 Å². The lowest BCUT2D eigenvalue weighted by Crippen LogP contribution is -2.31. The fourth-order valence-electron chi connectivity index (χ4n) is 4.38. The van der Waals surface area contributed by atoms with E-state index in [-0.39, 0.29) is 17.0 Å². The van der Waals surface area contributed by atoms with Crippen LogP contribution in [0.5, 0.6) is 5.75 Å². The van der Waals surface area contributed by atoms with Crippen molar-refractivity contribution in [1.82, 2.24) is 4.98 Å². The van der Waals surface area contributed by atoms with Crippen molar-refractivity contribution in [1.29, 1.82) is 0 Å². The number of hydrogen-bond donors (Lipinski definition) is 2. The summed E-state index contributed by atoms with van der Waals surface area (Å²) in [6.07, 6.45) is 0. The SMILES string of the molecule is Cc1ccccc1C1C(C(=O)c2sc(-c3ccccc3)nc2C)=C(O)C(=O)N1c1ccccc1O. The first kappa shape index (κ1) is 22.6. The quantitative estimate of drug-likeness (QED) is 0.345. The first-order chi connectivity index (χ1) is 16.9. The van der Waals surface area contributed by atoms with Crippen LogP contribution in [0, 0.1) is 13.8 Å². The first-order valence-corrected chi connectivity index (χ1v) is 11.9. The molecule has 1 aliphatic heterocycles. The summed E-state index contributed by atoms with van der Waals surface area (Å²) in [5.74, 6) is -1.95. The zero-order chi connectivity index (χ0) is 24.7. The number of aromatic hydroxyl groups is 1. The predicted molar refractivity (Wildman–Crippen MR) is 136 cm³/mol. The Morgan fingerprint density at radius 1 is 0.914 bits per heavy atom. The van der Waals surface area contributed by atoms with Gasteiger partial charge in [0.05, 0.1) is 27.9 Å². The number of rotatable bonds is 5. The number of phenolic OH excluding ortho intramolecular Hbond substituents is 1. The van der Waals surface area contributed by atoms with Gasteiger partial charge in [0, 0.05) is 5.56 Å². The number of benzene rings is 3. The minimum atomic E-state index is -0.911. The molecule has 1 amide bonds. The monoisotopic (exact) mass is 482 g/mol. The molecule has 7 heteroatoms. The highest BCUT2D eigenvalue weighted by Gasteiger charge is 2.46. The molecule has 0 saturated heterocycles. The minimum absolute atomic E-state index is 0.0288. The predicted octanol–water partition coefficient (Wildman–Crippen LogP) is 5.92. The van der Waals surface area contributed by atoms with Crippen molar-refractivity contribution in [3.05, 3.63) is 112 Å². The summed E-state index contributed by atoms with van der Waals surface area (Å²) in [7, 11) is 0. The first-order valence-electron chi connectivity index (χ1n) is 11.1. The second-order valence-electron chi connectivity index (χ2n) is 8.31. The Balaban J connectivity index is 1.67. The van der Waals surface area contributed by atoms with Gasteiger partial charge < -0.3 is 10.2 Å². The van der Waals surface area contributed by atoms with E-state index in [4.69, 9.17) is 0 Å². The molecule has 6 nitrogen and oxygen atoms in total. The van der Waals surface area contributed by atoms with E-state index >= 15 is 0 Å². The number of para-hydroxylation sites is 2. The van der Waals surface area contributed by atoms with Crippen LogP contribution in [0.25, 0.3) is 10.6 Å². The second kappa shape index (κ2) is 8.85. The molecule has 0 saturated carbocycles. The number of Topliss-reactive ketones (excluding diaryl/α,β-unsaturated/α-hetero) is 1. The average Bonchev–Trinajstić information content (AvgIpc) is 3.37. The molecule has 1 atom stereocenters. The van der Waals surface area contributed by atoms with Crippen LogP contribution in [0.3, 0.4) is 0 Å². The summed E-state index contributed by atoms with van der Waals surface area (Å²) in [6.45, 7) is 3.62. The molecule has 0 aliphatic carbocycles. The number of carbonyl (C=O) groups is 2. The summed E-state index contributed by atoms with van der Waals surface area (Å²) in [5, 5.41) is 22.2. The third-order valence-corrected chi connectivity index (χ3v) is 7.31. The highest BCUT2D eigenvalue weighted by Crippen LogP contribution is 2.46. The number of aryl methyl sites for hydroxylation is 2. The molecule has 1 unspecified atom stereocenters. The van der Waals surface area contributed by atoms with Crippen LogP contribution in [0.2, 0.25) is 0 Å². The maximum Gasteiger partial charge on any atom is 0.294 e. The number of anilines is 1. The molecular weight excluding hydrogens is 460 g/mol. The lowest BCUT2D eigenvalue weighted by molar-refractivity contribution is -0.117. The number of nitrogens with zero attached hydrogens (tertiary/aromatic N) is 2. The molecule has 2 N–H and O–H groups in total. The number of phenols is 1. The number of aromatic nitrogens is 1. The molecule has 2 heterocycles. The van der Waals surface area contributed by atoms with E-state index in [2.05, 4.69) is 4.98 Å². The van der Waals surface area contributed by atoms with Gasteiger partial charge in [-0.1, -0.05) is 66.7 Å². The number of aliphatic hydroxyl groups excluding tert-OH is 1. The van der Waals surface area contributed by atoms with E-state index in [0.29, 0.717) is 21.1 Å². The fourth-order valence-corrected chi connectivity index (χ4v) is 5.40. The van der Waals surface area contributed by atoms with Crippen molar-refractivity contribution >= 4 is 28.7 Å². The van der Waals surface area contributed by atoms with Crippen LogP contribution in [0.4, 0.5) is 5.69 Å². The molecule has 0 bridgehead atoms. The van der Waals surface area contributed by atoms with E-state index in [1.165, 1.54) is 22.3 Å². The van der Waals surface area contributed by atoms with E-state index in [1.807, 2.05) is 61.5 Å². The Morgan fingerprint density at radius 2 is 1.57 bits per heavy atom. The molecule has 0 spiro atoms. The number of amides is 1. The second-order valence-corrected chi connectivity index (χ2v) is 9.31. The van der Waals surface area contributed by atoms with Crippen LogP contribution in [-0.4, -0.2) is 26.9 Å². The van der Waals surface area contributed by atoms with Crippen molar-refractivity contribution in [2.75, 3.05) is 4.90 Å². The van der Waals surface area contributed by atoms with Crippen LogP contribution in [0.15, 0.2) is 90.2 Å². The number of hydrogen-bond acceptors (Lipinski definition) is 6. The third kappa shape index (κ3) is 3.80. The Kier molecular flexibility index (Phi) is 5.70. The van der Waals surface area contributed by atoms with Crippen molar-refractivity contribution in [2.45, 2.75) is 19.9 Å². The minimum Gasteiger partial charge on any atom is -0.506 e.